The van der Waals surface area contributed by atoms with Crippen molar-refractivity contribution in [2.75, 3.05) is 6.61 Å². The van der Waals surface area contributed by atoms with Gasteiger partial charge in [0.05, 0.1) is 12.6 Å². The molecule has 0 saturated carbocycles. The van der Waals surface area contributed by atoms with Crippen LogP contribution < -0.4 is 27.4 Å². The topological polar surface area (TPSA) is 230 Å². The number of hydrogen-bond donors (Lipinski definition) is 8. The standard InChI is InChI=1S/C28H34N6O7/c29-19(13-17-14-31-20-9-5-4-8-18(17)20)25(37)34-23(15-35)27(39)33-22(12-16-6-2-1-3-7-16)26(38)32-21(28(40)41)10-11-24(30)36/h1-9,14,19,21-23,31,35H,10-13,15,29H2,(H2,30,36)(H,32,38)(H,33,39)(H,34,37)(H,40,41). The van der Waals surface area contributed by atoms with Gasteiger partial charge in [-0.1, -0.05) is 48.5 Å². The van der Waals surface area contributed by atoms with Crippen molar-refractivity contribution in [3.8, 4) is 0 Å². The summed E-state index contributed by atoms with van der Waals surface area (Å²) in [5, 5.41) is 27.4. The van der Waals surface area contributed by atoms with E-state index in [9.17, 15) is 34.2 Å². The van der Waals surface area contributed by atoms with Crippen molar-refractivity contribution < 1.29 is 34.2 Å². The molecule has 0 aliphatic heterocycles. The average molecular weight is 567 g/mol. The molecule has 0 aliphatic carbocycles. The van der Waals surface area contributed by atoms with E-state index in [1.54, 1.807) is 36.5 Å². The Labute approximate surface area is 235 Å². The van der Waals surface area contributed by atoms with Crippen molar-refractivity contribution >= 4 is 40.5 Å². The molecule has 0 saturated heterocycles. The second-order valence-electron chi connectivity index (χ2n) is 9.57. The number of hydrogen-bond acceptors (Lipinski definition) is 7. The molecular weight excluding hydrogens is 532 g/mol. The minimum atomic E-state index is -1.44. The number of benzene rings is 2. The van der Waals surface area contributed by atoms with Crippen LogP contribution in [0.2, 0.25) is 0 Å². The molecule has 2 aromatic carbocycles. The molecule has 1 aromatic heterocycles. The minimum absolute atomic E-state index is 0.0211. The first-order chi connectivity index (χ1) is 19.6. The van der Waals surface area contributed by atoms with E-state index in [4.69, 9.17) is 11.5 Å². The number of fused-ring (bicyclic) bond motifs is 1. The van der Waals surface area contributed by atoms with Crippen LogP contribution in [-0.2, 0) is 36.8 Å². The van der Waals surface area contributed by atoms with Gasteiger partial charge < -0.3 is 42.6 Å². The summed E-state index contributed by atoms with van der Waals surface area (Å²) in [5.41, 5.74) is 13.5. The van der Waals surface area contributed by atoms with Crippen molar-refractivity contribution in [2.24, 2.45) is 11.5 Å². The number of rotatable bonds is 15. The van der Waals surface area contributed by atoms with E-state index in [0.717, 1.165) is 16.5 Å². The number of carboxylic acids is 1. The molecule has 4 amide bonds. The molecule has 3 rings (SSSR count). The highest BCUT2D eigenvalue weighted by molar-refractivity contribution is 5.94. The van der Waals surface area contributed by atoms with Crippen LogP contribution in [0.25, 0.3) is 10.9 Å². The molecule has 13 heteroatoms. The molecule has 4 unspecified atom stereocenters. The second kappa shape index (κ2) is 14.6. The van der Waals surface area contributed by atoms with Crippen LogP contribution in [0.5, 0.6) is 0 Å². The summed E-state index contributed by atoms with van der Waals surface area (Å²) in [5.74, 6) is -4.51. The van der Waals surface area contributed by atoms with Gasteiger partial charge in [-0.3, -0.25) is 19.2 Å². The van der Waals surface area contributed by atoms with Crippen LogP contribution in [0, 0.1) is 0 Å². The average Bonchev–Trinajstić information content (AvgIpc) is 3.36. The smallest absolute Gasteiger partial charge is 0.326 e. The lowest BCUT2D eigenvalue weighted by atomic mass is 10.0. The van der Waals surface area contributed by atoms with Gasteiger partial charge >= 0.3 is 5.97 Å². The maximum absolute atomic E-state index is 13.1. The van der Waals surface area contributed by atoms with Crippen molar-refractivity contribution in [1.82, 2.24) is 20.9 Å². The molecular formula is C28H34N6O7. The van der Waals surface area contributed by atoms with E-state index in [-0.39, 0.29) is 25.7 Å². The molecule has 218 valence electrons. The summed E-state index contributed by atoms with van der Waals surface area (Å²) in [4.78, 5) is 64.8. The van der Waals surface area contributed by atoms with Crippen molar-refractivity contribution in [1.29, 1.82) is 0 Å². The number of carbonyl (C=O) groups is 5. The van der Waals surface area contributed by atoms with Gasteiger partial charge in [0.2, 0.25) is 23.6 Å². The van der Waals surface area contributed by atoms with Gasteiger partial charge in [0.1, 0.15) is 18.1 Å². The lowest BCUT2D eigenvalue weighted by Crippen LogP contribution is -2.58. The number of primary amides is 1. The zero-order valence-corrected chi connectivity index (χ0v) is 22.2. The highest BCUT2D eigenvalue weighted by Gasteiger charge is 2.30. The fourth-order valence-corrected chi connectivity index (χ4v) is 4.25. The van der Waals surface area contributed by atoms with E-state index < -0.39 is 60.4 Å². The van der Waals surface area contributed by atoms with Gasteiger partial charge in [-0.05, 0) is 30.0 Å². The van der Waals surface area contributed by atoms with Crippen molar-refractivity contribution in [2.45, 2.75) is 49.9 Å². The van der Waals surface area contributed by atoms with Crippen LogP contribution in [0.3, 0.4) is 0 Å². The Balaban J connectivity index is 1.69. The Morgan fingerprint density at radius 3 is 2.07 bits per heavy atom. The van der Waals surface area contributed by atoms with Gasteiger partial charge in [0.15, 0.2) is 0 Å². The predicted octanol–water partition coefficient (Wildman–Crippen LogP) is -0.923. The van der Waals surface area contributed by atoms with Gasteiger partial charge in [0, 0.05) is 29.9 Å². The number of para-hydroxylation sites is 1. The molecule has 0 fully saturated rings. The number of aromatic nitrogens is 1. The number of carboxylic acid groups (broad SMARTS) is 1. The van der Waals surface area contributed by atoms with E-state index in [2.05, 4.69) is 20.9 Å². The third-order valence-electron chi connectivity index (χ3n) is 6.48. The van der Waals surface area contributed by atoms with Crippen LogP contribution in [0.4, 0.5) is 0 Å². The number of H-pyrrole nitrogens is 1. The number of amides is 4. The van der Waals surface area contributed by atoms with E-state index in [1.165, 1.54) is 0 Å². The quantitative estimate of drug-likeness (QED) is 0.114. The summed E-state index contributed by atoms with van der Waals surface area (Å²) in [6.07, 6.45) is 1.37. The molecule has 41 heavy (non-hydrogen) atoms. The molecule has 4 atom stereocenters. The Kier molecular flexibility index (Phi) is 11.0. The lowest BCUT2D eigenvalue weighted by Gasteiger charge is -2.24. The predicted molar refractivity (Wildman–Crippen MR) is 149 cm³/mol. The zero-order chi connectivity index (χ0) is 29.9. The Morgan fingerprint density at radius 1 is 0.805 bits per heavy atom. The molecule has 3 aromatic rings. The summed E-state index contributed by atoms with van der Waals surface area (Å²) < 4.78 is 0. The van der Waals surface area contributed by atoms with Gasteiger partial charge in [-0.2, -0.15) is 0 Å². The summed E-state index contributed by atoms with van der Waals surface area (Å²) in [6.45, 7) is -0.784. The van der Waals surface area contributed by atoms with Crippen LogP contribution in [0.1, 0.15) is 24.0 Å². The highest BCUT2D eigenvalue weighted by Crippen LogP contribution is 2.18. The third-order valence-corrected chi connectivity index (χ3v) is 6.48. The molecule has 0 aliphatic rings. The molecule has 1 heterocycles. The first kappa shape index (κ1) is 30.8. The number of aliphatic hydroxyl groups is 1. The fraction of sp³-hybridized carbons (Fsp3) is 0.321. The van der Waals surface area contributed by atoms with Crippen LogP contribution >= 0.6 is 0 Å². The number of aromatic amines is 1. The molecule has 10 N–H and O–H groups in total. The molecule has 0 spiro atoms. The monoisotopic (exact) mass is 566 g/mol. The van der Waals surface area contributed by atoms with Crippen LogP contribution in [-0.4, -0.2) is 75.6 Å². The number of nitrogens with two attached hydrogens (primary N) is 2. The number of nitrogens with one attached hydrogen (secondary N) is 4. The molecule has 0 radical (unpaired) electrons. The Hall–Kier alpha value is -4.75. The Bertz CT molecular complexity index is 1380. The molecule has 13 nitrogen and oxygen atoms in total. The summed E-state index contributed by atoms with van der Waals surface area (Å²) >= 11 is 0. The maximum Gasteiger partial charge on any atom is 0.326 e. The minimum Gasteiger partial charge on any atom is -0.480 e. The van der Waals surface area contributed by atoms with E-state index in [0.29, 0.717) is 5.56 Å². The van der Waals surface area contributed by atoms with Crippen molar-refractivity contribution in [3.63, 3.8) is 0 Å². The van der Waals surface area contributed by atoms with Gasteiger partial charge in [-0.25, -0.2) is 4.79 Å². The zero-order valence-electron chi connectivity index (χ0n) is 22.2. The van der Waals surface area contributed by atoms with Crippen molar-refractivity contribution in [3.05, 3.63) is 71.9 Å². The lowest BCUT2D eigenvalue weighted by molar-refractivity contribution is -0.142. The maximum atomic E-state index is 13.1. The first-order valence-electron chi connectivity index (χ1n) is 13.0. The normalized spacial score (nSPS) is 13.9. The van der Waals surface area contributed by atoms with E-state index in [1.807, 2.05) is 24.3 Å². The van der Waals surface area contributed by atoms with Gasteiger partial charge in [-0.15, -0.1) is 0 Å². The number of aliphatic hydroxyl groups excluding tert-OH is 1. The molecule has 0 bridgehead atoms. The third kappa shape index (κ3) is 8.88. The number of aliphatic carboxylic acids is 1. The highest BCUT2D eigenvalue weighted by atomic mass is 16.4. The van der Waals surface area contributed by atoms with Crippen LogP contribution in [0.15, 0.2) is 60.8 Å². The van der Waals surface area contributed by atoms with E-state index >= 15 is 0 Å². The first-order valence-corrected chi connectivity index (χ1v) is 13.0. The fourth-order valence-electron chi connectivity index (χ4n) is 4.25. The second-order valence-corrected chi connectivity index (χ2v) is 9.57. The SMILES string of the molecule is NC(=O)CCC(NC(=O)C(Cc1ccccc1)NC(=O)C(CO)NC(=O)C(N)Cc1c[nH]c2ccccc12)C(=O)O. The largest absolute Gasteiger partial charge is 0.480 e. The number of carbonyl (C=O) groups excluding carboxylic acids is 4. The summed E-state index contributed by atoms with van der Waals surface area (Å²) in [6, 6.07) is 11.0. The Morgan fingerprint density at radius 2 is 1.41 bits per heavy atom. The summed E-state index contributed by atoms with van der Waals surface area (Å²) in [7, 11) is 0. The van der Waals surface area contributed by atoms with Gasteiger partial charge in [0.25, 0.3) is 0 Å².